The molecule has 3 heterocycles. The summed E-state index contributed by atoms with van der Waals surface area (Å²) in [4.78, 5) is 27.2. The molecule has 1 saturated heterocycles. The van der Waals surface area contributed by atoms with E-state index in [1.807, 2.05) is 17.5 Å². The second-order valence-electron chi connectivity index (χ2n) is 5.46. The lowest BCUT2D eigenvalue weighted by Gasteiger charge is -2.31. The number of hydrogen-bond acceptors (Lipinski definition) is 4. The number of carbonyl (C=O) groups excluding carboxylic acids is 2. The molecule has 0 aromatic carbocycles. The second kappa shape index (κ2) is 6.31. The summed E-state index contributed by atoms with van der Waals surface area (Å²) in [6.45, 7) is 1.16. The lowest BCUT2D eigenvalue weighted by molar-refractivity contribution is 0.0856. The van der Waals surface area contributed by atoms with E-state index in [0.29, 0.717) is 18.8 Å². The monoisotopic (exact) mass is 318 g/mol. The maximum atomic E-state index is 12.4. The molecule has 0 saturated carbocycles. The highest BCUT2D eigenvalue weighted by Gasteiger charge is 2.29. The lowest BCUT2D eigenvalue weighted by Crippen LogP contribution is -2.44. The number of Topliss-reactive ketones (excluding diaryl/α,β-unsaturated/α-hetero) is 1. The molecule has 22 heavy (non-hydrogen) atoms. The SMILES string of the molecule is Cn1cc(NC(=O)N2CCC[C@H](C(=O)c3cccs3)C2)cn1. The van der Waals surface area contributed by atoms with E-state index in [-0.39, 0.29) is 17.7 Å². The molecule has 3 rings (SSSR count). The summed E-state index contributed by atoms with van der Waals surface area (Å²) in [6.07, 6.45) is 5.04. The fourth-order valence-electron chi connectivity index (χ4n) is 2.68. The van der Waals surface area contributed by atoms with Crippen LogP contribution < -0.4 is 5.32 Å². The minimum atomic E-state index is -0.170. The van der Waals surface area contributed by atoms with Crippen LogP contribution in [0.3, 0.4) is 0 Å². The number of aryl methyl sites for hydroxylation is 1. The largest absolute Gasteiger partial charge is 0.324 e. The van der Waals surface area contributed by atoms with Gasteiger partial charge >= 0.3 is 6.03 Å². The fraction of sp³-hybridized carbons (Fsp3) is 0.400. The zero-order valence-corrected chi connectivity index (χ0v) is 13.2. The fourth-order valence-corrected chi connectivity index (χ4v) is 3.43. The van der Waals surface area contributed by atoms with Crippen molar-refractivity contribution in [1.82, 2.24) is 14.7 Å². The molecular weight excluding hydrogens is 300 g/mol. The molecule has 0 spiro atoms. The summed E-state index contributed by atoms with van der Waals surface area (Å²) in [5.41, 5.74) is 0.666. The Morgan fingerprint density at radius 2 is 2.32 bits per heavy atom. The number of amides is 2. The minimum absolute atomic E-state index is 0.105. The quantitative estimate of drug-likeness (QED) is 0.885. The molecule has 1 atom stereocenters. The first kappa shape index (κ1) is 14.8. The lowest BCUT2D eigenvalue weighted by atomic mass is 9.93. The number of piperidine rings is 1. The first-order valence-corrected chi connectivity index (χ1v) is 8.14. The van der Waals surface area contributed by atoms with Crippen LogP contribution in [0.2, 0.25) is 0 Å². The zero-order valence-electron chi connectivity index (χ0n) is 12.4. The second-order valence-corrected chi connectivity index (χ2v) is 6.41. The van der Waals surface area contributed by atoms with Crippen LogP contribution in [0.4, 0.5) is 10.5 Å². The van der Waals surface area contributed by atoms with Gasteiger partial charge in [-0.05, 0) is 24.3 Å². The number of anilines is 1. The maximum absolute atomic E-state index is 12.4. The molecule has 1 aliphatic heterocycles. The Labute approximate surface area is 132 Å². The van der Waals surface area contributed by atoms with Crippen LogP contribution in [0, 0.1) is 5.92 Å². The highest BCUT2D eigenvalue weighted by Crippen LogP contribution is 2.23. The summed E-state index contributed by atoms with van der Waals surface area (Å²) in [6, 6.07) is 3.56. The predicted molar refractivity (Wildman–Crippen MR) is 85.2 cm³/mol. The molecule has 116 valence electrons. The van der Waals surface area contributed by atoms with Gasteiger partial charge in [0.2, 0.25) is 0 Å². The minimum Gasteiger partial charge on any atom is -0.324 e. The van der Waals surface area contributed by atoms with Crippen molar-refractivity contribution >= 4 is 28.8 Å². The third-order valence-electron chi connectivity index (χ3n) is 3.80. The van der Waals surface area contributed by atoms with Crippen molar-refractivity contribution < 1.29 is 9.59 Å². The first-order valence-electron chi connectivity index (χ1n) is 7.26. The topological polar surface area (TPSA) is 67.2 Å². The molecule has 7 heteroatoms. The Kier molecular flexibility index (Phi) is 4.24. The van der Waals surface area contributed by atoms with Gasteiger partial charge in [-0.2, -0.15) is 5.10 Å². The van der Waals surface area contributed by atoms with Gasteiger partial charge in [-0.15, -0.1) is 11.3 Å². The Balaban J connectivity index is 1.62. The molecule has 1 N–H and O–H groups in total. The van der Waals surface area contributed by atoms with Crippen molar-refractivity contribution in [1.29, 1.82) is 0 Å². The van der Waals surface area contributed by atoms with Crippen LogP contribution in [0.5, 0.6) is 0 Å². The molecule has 2 aromatic heterocycles. The normalized spacial score (nSPS) is 18.2. The number of hydrogen-bond donors (Lipinski definition) is 1. The Morgan fingerprint density at radius 1 is 1.45 bits per heavy atom. The standard InChI is InChI=1S/C15H18N4O2S/c1-18-10-12(8-16-18)17-15(21)19-6-2-4-11(9-19)14(20)13-5-3-7-22-13/h3,5,7-8,10-11H,2,4,6,9H2,1H3,(H,17,21)/t11-/m0/s1. The van der Waals surface area contributed by atoms with E-state index in [9.17, 15) is 9.59 Å². The van der Waals surface area contributed by atoms with Crippen molar-refractivity contribution in [2.75, 3.05) is 18.4 Å². The van der Waals surface area contributed by atoms with E-state index in [1.165, 1.54) is 11.3 Å². The molecule has 2 aromatic rings. The highest BCUT2D eigenvalue weighted by molar-refractivity contribution is 7.12. The predicted octanol–water partition coefficient (Wildman–Crippen LogP) is 2.61. The van der Waals surface area contributed by atoms with Gasteiger partial charge in [0.15, 0.2) is 5.78 Å². The third kappa shape index (κ3) is 3.19. The highest BCUT2D eigenvalue weighted by atomic mass is 32.1. The van der Waals surface area contributed by atoms with Gasteiger partial charge in [0.05, 0.1) is 16.8 Å². The first-order chi connectivity index (χ1) is 10.6. The van der Waals surface area contributed by atoms with Crippen LogP contribution in [0.25, 0.3) is 0 Å². The van der Waals surface area contributed by atoms with Gasteiger partial charge in [0.25, 0.3) is 0 Å². The molecule has 0 unspecified atom stereocenters. The van der Waals surface area contributed by atoms with Crippen LogP contribution >= 0.6 is 11.3 Å². The van der Waals surface area contributed by atoms with E-state index in [0.717, 1.165) is 17.7 Å². The number of carbonyl (C=O) groups is 2. The summed E-state index contributed by atoms with van der Waals surface area (Å²) in [5, 5.41) is 8.75. The molecule has 0 bridgehead atoms. The van der Waals surface area contributed by atoms with Crippen molar-refractivity contribution in [3.8, 4) is 0 Å². The number of nitrogens with one attached hydrogen (secondary N) is 1. The van der Waals surface area contributed by atoms with Crippen molar-refractivity contribution in [2.24, 2.45) is 13.0 Å². The zero-order chi connectivity index (χ0) is 15.5. The number of thiophene rings is 1. The van der Waals surface area contributed by atoms with Crippen LogP contribution in [0.15, 0.2) is 29.9 Å². The van der Waals surface area contributed by atoms with Crippen LogP contribution in [0.1, 0.15) is 22.5 Å². The van der Waals surface area contributed by atoms with Gasteiger partial charge < -0.3 is 10.2 Å². The van der Waals surface area contributed by atoms with E-state index < -0.39 is 0 Å². The van der Waals surface area contributed by atoms with Gasteiger partial charge in [0, 0.05) is 32.3 Å². The van der Waals surface area contributed by atoms with Gasteiger partial charge in [0.1, 0.15) is 0 Å². The van der Waals surface area contributed by atoms with E-state index >= 15 is 0 Å². The Bertz CT molecular complexity index is 665. The number of nitrogens with zero attached hydrogens (tertiary/aromatic N) is 3. The van der Waals surface area contributed by atoms with Crippen LogP contribution in [-0.2, 0) is 7.05 Å². The summed E-state index contributed by atoms with van der Waals surface area (Å²) in [7, 11) is 1.80. The smallest absolute Gasteiger partial charge is 0.321 e. The number of aromatic nitrogens is 2. The molecule has 1 fully saturated rings. The molecular formula is C15H18N4O2S. The van der Waals surface area contributed by atoms with Gasteiger partial charge in [-0.25, -0.2) is 4.79 Å². The Morgan fingerprint density at radius 3 is 3.00 bits per heavy atom. The van der Waals surface area contributed by atoms with Gasteiger partial charge in [-0.3, -0.25) is 9.48 Å². The maximum Gasteiger partial charge on any atom is 0.321 e. The summed E-state index contributed by atoms with van der Waals surface area (Å²) < 4.78 is 1.63. The number of rotatable bonds is 3. The third-order valence-corrected chi connectivity index (χ3v) is 4.68. The molecule has 0 radical (unpaired) electrons. The number of ketones is 1. The molecule has 0 aliphatic carbocycles. The number of urea groups is 1. The van der Waals surface area contributed by atoms with Crippen molar-refractivity contribution in [2.45, 2.75) is 12.8 Å². The van der Waals surface area contributed by atoms with E-state index in [1.54, 1.807) is 29.0 Å². The molecule has 6 nitrogen and oxygen atoms in total. The average molecular weight is 318 g/mol. The average Bonchev–Trinajstić information content (AvgIpc) is 3.18. The van der Waals surface area contributed by atoms with Crippen molar-refractivity contribution in [3.63, 3.8) is 0 Å². The van der Waals surface area contributed by atoms with E-state index in [4.69, 9.17) is 0 Å². The van der Waals surface area contributed by atoms with Crippen LogP contribution in [-0.4, -0.2) is 39.6 Å². The number of likely N-dealkylation sites (tertiary alicyclic amines) is 1. The molecule has 2 amide bonds. The Hall–Kier alpha value is -2.15. The van der Waals surface area contributed by atoms with E-state index in [2.05, 4.69) is 10.4 Å². The summed E-state index contributed by atoms with van der Waals surface area (Å²) in [5.74, 6) is 0.0425. The van der Waals surface area contributed by atoms with Gasteiger partial charge in [-0.1, -0.05) is 6.07 Å². The molecule has 1 aliphatic rings. The summed E-state index contributed by atoms with van der Waals surface area (Å²) >= 11 is 1.46. The van der Waals surface area contributed by atoms with Crippen molar-refractivity contribution in [3.05, 3.63) is 34.8 Å².